The Hall–Kier alpha value is -0.570. The maximum atomic E-state index is 11.4. The Morgan fingerprint density at radius 3 is 2.60 bits per heavy atom. The van der Waals surface area contributed by atoms with Crippen LogP contribution in [-0.4, -0.2) is 18.6 Å². The summed E-state index contributed by atoms with van der Waals surface area (Å²) >= 11 is 0. The smallest absolute Gasteiger partial charge is 0.306 e. The lowest BCUT2D eigenvalue weighted by Gasteiger charge is -2.25. The highest BCUT2D eigenvalue weighted by Crippen LogP contribution is 2.24. The van der Waals surface area contributed by atoms with E-state index in [1.54, 1.807) is 0 Å². The van der Waals surface area contributed by atoms with E-state index in [9.17, 15) is 4.79 Å². The summed E-state index contributed by atoms with van der Waals surface area (Å²) < 4.78 is 4.97. The Bertz CT molecular complexity index is 194. The summed E-state index contributed by atoms with van der Waals surface area (Å²) in [5.74, 6) is 0.253. The third-order valence-electron chi connectivity index (χ3n) is 3.20. The Labute approximate surface area is 92.4 Å². The maximum Gasteiger partial charge on any atom is 0.306 e. The third-order valence-corrected chi connectivity index (χ3v) is 3.20. The molecule has 0 aliphatic heterocycles. The molecule has 3 nitrogen and oxygen atoms in total. The van der Waals surface area contributed by atoms with Crippen molar-refractivity contribution < 1.29 is 9.53 Å². The molecule has 1 fully saturated rings. The van der Waals surface area contributed by atoms with Crippen molar-refractivity contribution in [2.45, 2.75) is 57.9 Å². The standard InChI is InChI=1S/C12H23NO2/c1-2-15-12(14)9-10-7-5-3-4-6-8-11(10)13/h10-11H,2-9,13H2,1H3. The SMILES string of the molecule is CCOC(=O)CC1CCCCCCC1N. The highest BCUT2D eigenvalue weighted by molar-refractivity contribution is 5.69. The highest BCUT2D eigenvalue weighted by Gasteiger charge is 2.22. The maximum absolute atomic E-state index is 11.4. The van der Waals surface area contributed by atoms with Gasteiger partial charge < -0.3 is 10.5 Å². The molecule has 0 radical (unpaired) electrons. The van der Waals surface area contributed by atoms with Crippen LogP contribution < -0.4 is 5.73 Å². The lowest BCUT2D eigenvalue weighted by molar-refractivity contribution is -0.144. The fraction of sp³-hybridized carbons (Fsp3) is 0.917. The van der Waals surface area contributed by atoms with Gasteiger partial charge in [0.2, 0.25) is 0 Å². The van der Waals surface area contributed by atoms with Crippen LogP contribution in [0.15, 0.2) is 0 Å². The van der Waals surface area contributed by atoms with Crippen LogP contribution in [0.5, 0.6) is 0 Å². The largest absolute Gasteiger partial charge is 0.466 e. The van der Waals surface area contributed by atoms with Gasteiger partial charge in [-0.25, -0.2) is 0 Å². The van der Waals surface area contributed by atoms with Crippen molar-refractivity contribution in [3.05, 3.63) is 0 Å². The third kappa shape index (κ3) is 4.65. The average molecular weight is 213 g/mol. The van der Waals surface area contributed by atoms with Crippen molar-refractivity contribution in [3.8, 4) is 0 Å². The molecule has 2 N–H and O–H groups in total. The van der Waals surface area contributed by atoms with Crippen LogP contribution >= 0.6 is 0 Å². The van der Waals surface area contributed by atoms with Gasteiger partial charge in [0, 0.05) is 12.5 Å². The summed E-state index contributed by atoms with van der Waals surface area (Å²) in [5, 5.41) is 0. The molecule has 0 aromatic rings. The number of carbonyl (C=O) groups is 1. The van der Waals surface area contributed by atoms with E-state index >= 15 is 0 Å². The van der Waals surface area contributed by atoms with Gasteiger partial charge in [-0.2, -0.15) is 0 Å². The second kappa shape index (κ2) is 6.83. The molecule has 1 aliphatic rings. The lowest BCUT2D eigenvalue weighted by atomic mass is 9.85. The predicted molar refractivity (Wildman–Crippen MR) is 60.4 cm³/mol. The van der Waals surface area contributed by atoms with Crippen LogP contribution in [0.4, 0.5) is 0 Å². The summed E-state index contributed by atoms with van der Waals surface area (Å²) in [5.41, 5.74) is 6.09. The Morgan fingerprint density at radius 1 is 1.27 bits per heavy atom. The van der Waals surface area contributed by atoms with E-state index in [0.717, 1.165) is 12.8 Å². The zero-order chi connectivity index (χ0) is 11.1. The second-order valence-electron chi connectivity index (χ2n) is 4.42. The van der Waals surface area contributed by atoms with Crippen molar-refractivity contribution in [2.75, 3.05) is 6.61 Å². The summed E-state index contributed by atoms with van der Waals surface area (Å²) in [4.78, 5) is 11.4. The molecule has 1 rings (SSSR count). The topological polar surface area (TPSA) is 52.3 Å². The Kier molecular flexibility index (Phi) is 5.69. The molecule has 2 atom stereocenters. The molecule has 15 heavy (non-hydrogen) atoms. The number of hydrogen-bond donors (Lipinski definition) is 1. The first-order valence-corrected chi connectivity index (χ1v) is 6.15. The van der Waals surface area contributed by atoms with Gasteiger partial charge in [-0.3, -0.25) is 4.79 Å². The van der Waals surface area contributed by atoms with E-state index < -0.39 is 0 Å². The van der Waals surface area contributed by atoms with Crippen molar-refractivity contribution in [2.24, 2.45) is 11.7 Å². The fourth-order valence-electron chi connectivity index (χ4n) is 2.28. The van der Waals surface area contributed by atoms with Crippen LogP contribution in [0.1, 0.15) is 51.9 Å². The molecule has 0 saturated heterocycles. The molecule has 0 heterocycles. The van der Waals surface area contributed by atoms with Crippen molar-refractivity contribution in [1.82, 2.24) is 0 Å². The molecule has 0 aromatic heterocycles. The zero-order valence-corrected chi connectivity index (χ0v) is 9.71. The van der Waals surface area contributed by atoms with Crippen molar-refractivity contribution in [1.29, 1.82) is 0 Å². The molecule has 3 heteroatoms. The van der Waals surface area contributed by atoms with Crippen LogP contribution in [-0.2, 0) is 9.53 Å². The molecular weight excluding hydrogens is 190 g/mol. The van der Waals surface area contributed by atoms with Gasteiger partial charge in [-0.05, 0) is 25.7 Å². The number of rotatable bonds is 3. The Morgan fingerprint density at radius 2 is 1.93 bits per heavy atom. The molecule has 0 amide bonds. The summed E-state index contributed by atoms with van der Waals surface area (Å²) in [7, 11) is 0. The van der Waals surface area contributed by atoms with E-state index in [-0.39, 0.29) is 12.0 Å². The molecule has 88 valence electrons. The fourth-order valence-corrected chi connectivity index (χ4v) is 2.28. The number of hydrogen-bond acceptors (Lipinski definition) is 3. The van der Waals surface area contributed by atoms with Gasteiger partial charge in [0.1, 0.15) is 0 Å². The molecular formula is C12H23NO2. The van der Waals surface area contributed by atoms with Crippen LogP contribution in [0.3, 0.4) is 0 Å². The van der Waals surface area contributed by atoms with Gasteiger partial charge in [-0.15, -0.1) is 0 Å². The van der Waals surface area contributed by atoms with Crippen molar-refractivity contribution in [3.63, 3.8) is 0 Å². The summed E-state index contributed by atoms with van der Waals surface area (Å²) in [6, 6.07) is 0.190. The van der Waals surface area contributed by atoms with Gasteiger partial charge in [-0.1, -0.05) is 25.7 Å². The first-order valence-electron chi connectivity index (χ1n) is 6.15. The minimum atomic E-state index is -0.0847. The van der Waals surface area contributed by atoms with Gasteiger partial charge in [0.05, 0.1) is 6.61 Å². The number of carbonyl (C=O) groups excluding carboxylic acids is 1. The van der Waals surface area contributed by atoms with E-state index in [4.69, 9.17) is 10.5 Å². The second-order valence-corrected chi connectivity index (χ2v) is 4.42. The van der Waals surface area contributed by atoms with E-state index in [2.05, 4.69) is 0 Å². The number of esters is 1. The first kappa shape index (κ1) is 12.5. The van der Waals surface area contributed by atoms with Gasteiger partial charge >= 0.3 is 5.97 Å². The van der Waals surface area contributed by atoms with Gasteiger partial charge in [0.25, 0.3) is 0 Å². The van der Waals surface area contributed by atoms with E-state index in [1.807, 2.05) is 6.92 Å². The predicted octanol–water partition coefficient (Wildman–Crippen LogP) is 2.24. The first-order chi connectivity index (χ1) is 7.24. The lowest BCUT2D eigenvalue weighted by Crippen LogP contribution is -2.33. The highest BCUT2D eigenvalue weighted by atomic mass is 16.5. The molecule has 2 unspecified atom stereocenters. The zero-order valence-electron chi connectivity index (χ0n) is 9.71. The quantitative estimate of drug-likeness (QED) is 0.731. The van der Waals surface area contributed by atoms with Crippen LogP contribution in [0.25, 0.3) is 0 Å². The van der Waals surface area contributed by atoms with E-state index in [1.165, 1.54) is 25.7 Å². The number of ether oxygens (including phenoxy) is 1. The molecule has 0 spiro atoms. The minimum absolute atomic E-state index is 0.0847. The van der Waals surface area contributed by atoms with Crippen molar-refractivity contribution >= 4 is 5.97 Å². The summed E-state index contributed by atoms with van der Waals surface area (Å²) in [6.45, 7) is 2.32. The van der Waals surface area contributed by atoms with Crippen LogP contribution in [0, 0.1) is 5.92 Å². The molecule has 1 saturated carbocycles. The molecule has 0 bridgehead atoms. The molecule has 0 aromatic carbocycles. The Balaban J connectivity index is 2.37. The number of nitrogens with two attached hydrogens (primary N) is 1. The average Bonchev–Trinajstić information content (AvgIpc) is 2.18. The minimum Gasteiger partial charge on any atom is -0.466 e. The normalized spacial score (nSPS) is 27.9. The van der Waals surface area contributed by atoms with E-state index in [0.29, 0.717) is 18.9 Å². The monoisotopic (exact) mass is 213 g/mol. The summed E-state index contributed by atoms with van der Waals surface area (Å²) in [6.07, 6.45) is 7.64. The molecule has 1 aliphatic carbocycles. The van der Waals surface area contributed by atoms with Gasteiger partial charge in [0.15, 0.2) is 0 Å². The van der Waals surface area contributed by atoms with Crippen LogP contribution in [0.2, 0.25) is 0 Å².